The molecular formula is C15H15ClFN3O. The third-order valence-electron chi connectivity index (χ3n) is 2.81. The first-order valence-corrected chi connectivity index (χ1v) is 6.94. The monoisotopic (exact) mass is 307 g/mol. The summed E-state index contributed by atoms with van der Waals surface area (Å²) in [5, 5.41) is 6.01. The van der Waals surface area contributed by atoms with E-state index in [1.54, 1.807) is 12.3 Å². The molecule has 1 heterocycles. The molecule has 1 amide bonds. The summed E-state index contributed by atoms with van der Waals surface area (Å²) in [5.41, 5.74) is 1.29. The largest absolute Gasteiger partial charge is 0.383 e. The molecule has 0 saturated heterocycles. The fraction of sp³-hybridized carbons (Fsp3) is 0.200. The molecule has 2 aromatic rings. The van der Waals surface area contributed by atoms with Gasteiger partial charge in [-0.05, 0) is 30.7 Å². The second kappa shape index (κ2) is 7.04. The lowest BCUT2D eigenvalue weighted by molar-refractivity contribution is 0.102. The third-order valence-corrected chi connectivity index (χ3v) is 3.14. The van der Waals surface area contributed by atoms with E-state index in [1.807, 2.05) is 6.92 Å². The summed E-state index contributed by atoms with van der Waals surface area (Å²) < 4.78 is 13.2. The van der Waals surface area contributed by atoms with Crippen molar-refractivity contribution in [1.82, 2.24) is 4.98 Å². The van der Waals surface area contributed by atoms with Gasteiger partial charge in [0.25, 0.3) is 5.91 Å². The number of hydrogen-bond acceptors (Lipinski definition) is 3. The molecule has 110 valence electrons. The molecule has 0 spiro atoms. The molecule has 2 rings (SSSR count). The number of anilines is 2. The fourth-order valence-corrected chi connectivity index (χ4v) is 1.94. The number of pyridine rings is 1. The zero-order valence-electron chi connectivity index (χ0n) is 11.5. The number of carbonyl (C=O) groups excluding carboxylic acids is 1. The van der Waals surface area contributed by atoms with E-state index < -0.39 is 5.82 Å². The van der Waals surface area contributed by atoms with Crippen LogP contribution in [0.1, 0.15) is 23.7 Å². The minimum absolute atomic E-state index is 0.236. The highest BCUT2D eigenvalue weighted by Gasteiger charge is 2.13. The van der Waals surface area contributed by atoms with Crippen molar-refractivity contribution in [1.29, 1.82) is 0 Å². The number of hydrogen-bond donors (Lipinski definition) is 2. The standard InChI is InChI=1S/C15H15ClFN3O/c1-2-6-19-14-9-18-7-5-11(14)15(21)20-13-8-10(17)3-4-12(13)16/h3-5,7-9,19H,2,6H2,1H3,(H,20,21). The number of rotatable bonds is 5. The van der Waals surface area contributed by atoms with Gasteiger partial charge in [0.1, 0.15) is 5.82 Å². The summed E-state index contributed by atoms with van der Waals surface area (Å²) in [6.07, 6.45) is 4.03. The molecule has 6 heteroatoms. The van der Waals surface area contributed by atoms with E-state index in [1.165, 1.54) is 24.4 Å². The Morgan fingerprint density at radius 3 is 2.90 bits per heavy atom. The maximum Gasteiger partial charge on any atom is 0.257 e. The van der Waals surface area contributed by atoms with Gasteiger partial charge in [-0.3, -0.25) is 9.78 Å². The summed E-state index contributed by atoms with van der Waals surface area (Å²) in [7, 11) is 0. The number of aromatic nitrogens is 1. The summed E-state index contributed by atoms with van der Waals surface area (Å²) >= 11 is 5.94. The van der Waals surface area contributed by atoms with Gasteiger partial charge in [-0.25, -0.2) is 4.39 Å². The Labute approximate surface area is 127 Å². The highest BCUT2D eigenvalue weighted by molar-refractivity contribution is 6.34. The summed E-state index contributed by atoms with van der Waals surface area (Å²) in [6, 6.07) is 5.41. The molecular weight excluding hydrogens is 293 g/mol. The highest BCUT2D eigenvalue weighted by atomic mass is 35.5. The lowest BCUT2D eigenvalue weighted by Crippen LogP contribution is -2.15. The Bertz CT molecular complexity index is 649. The molecule has 0 aliphatic heterocycles. The smallest absolute Gasteiger partial charge is 0.257 e. The van der Waals surface area contributed by atoms with Crippen molar-refractivity contribution in [2.45, 2.75) is 13.3 Å². The Morgan fingerprint density at radius 2 is 2.14 bits per heavy atom. The van der Waals surface area contributed by atoms with E-state index in [2.05, 4.69) is 15.6 Å². The zero-order valence-corrected chi connectivity index (χ0v) is 12.2. The van der Waals surface area contributed by atoms with Crippen LogP contribution in [0.4, 0.5) is 15.8 Å². The van der Waals surface area contributed by atoms with E-state index in [0.29, 0.717) is 11.3 Å². The quantitative estimate of drug-likeness (QED) is 0.879. The van der Waals surface area contributed by atoms with Crippen LogP contribution < -0.4 is 10.6 Å². The number of nitrogens with zero attached hydrogens (tertiary/aromatic N) is 1. The van der Waals surface area contributed by atoms with Gasteiger partial charge in [-0.15, -0.1) is 0 Å². The van der Waals surface area contributed by atoms with Gasteiger partial charge in [-0.1, -0.05) is 18.5 Å². The molecule has 1 aromatic carbocycles. The molecule has 0 fully saturated rings. The van der Waals surface area contributed by atoms with Gasteiger partial charge in [0.15, 0.2) is 0 Å². The molecule has 0 aliphatic carbocycles. The Hall–Kier alpha value is -2.14. The minimum Gasteiger partial charge on any atom is -0.383 e. The maximum atomic E-state index is 13.2. The summed E-state index contributed by atoms with van der Waals surface area (Å²) in [4.78, 5) is 16.3. The predicted octanol–water partition coefficient (Wildman–Crippen LogP) is 3.95. The number of nitrogens with one attached hydrogen (secondary N) is 2. The summed E-state index contributed by atoms with van der Waals surface area (Å²) in [6.45, 7) is 2.75. The van der Waals surface area contributed by atoms with E-state index in [4.69, 9.17) is 11.6 Å². The van der Waals surface area contributed by atoms with E-state index >= 15 is 0 Å². The molecule has 1 aromatic heterocycles. The summed E-state index contributed by atoms with van der Waals surface area (Å²) in [5.74, 6) is -0.836. The van der Waals surface area contributed by atoms with Gasteiger partial charge >= 0.3 is 0 Å². The van der Waals surface area contributed by atoms with Crippen LogP contribution in [0, 0.1) is 5.82 Å². The van der Waals surface area contributed by atoms with Gasteiger partial charge < -0.3 is 10.6 Å². The van der Waals surface area contributed by atoms with Crippen molar-refractivity contribution in [2.24, 2.45) is 0 Å². The predicted molar refractivity (Wildman–Crippen MR) is 82.4 cm³/mol. The number of carbonyl (C=O) groups is 1. The van der Waals surface area contributed by atoms with Crippen molar-refractivity contribution < 1.29 is 9.18 Å². The lowest BCUT2D eigenvalue weighted by atomic mass is 10.2. The molecule has 0 bridgehead atoms. The number of benzene rings is 1. The molecule has 21 heavy (non-hydrogen) atoms. The van der Waals surface area contributed by atoms with Crippen LogP contribution in [0.3, 0.4) is 0 Å². The second-order valence-corrected chi connectivity index (χ2v) is 4.83. The number of amides is 1. The Balaban J connectivity index is 2.22. The zero-order chi connectivity index (χ0) is 15.2. The van der Waals surface area contributed by atoms with Crippen LogP contribution in [-0.4, -0.2) is 17.4 Å². The lowest BCUT2D eigenvalue weighted by Gasteiger charge is -2.12. The Morgan fingerprint density at radius 1 is 1.33 bits per heavy atom. The SMILES string of the molecule is CCCNc1cnccc1C(=O)Nc1cc(F)ccc1Cl. The van der Waals surface area contributed by atoms with Crippen LogP contribution in [-0.2, 0) is 0 Å². The van der Waals surface area contributed by atoms with Crippen LogP contribution in [0.5, 0.6) is 0 Å². The normalized spacial score (nSPS) is 10.2. The molecule has 2 N–H and O–H groups in total. The minimum atomic E-state index is -0.464. The maximum absolute atomic E-state index is 13.2. The van der Waals surface area contributed by atoms with Gasteiger partial charge in [0.05, 0.1) is 28.2 Å². The van der Waals surface area contributed by atoms with Crippen LogP contribution >= 0.6 is 11.6 Å². The molecule has 0 saturated carbocycles. The molecule has 0 atom stereocenters. The molecule has 0 unspecified atom stereocenters. The van der Waals surface area contributed by atoms with Gasteiger partial charge in [0.2, 0.25) is 0 Å². The highest BCUT2D eigenvalue weighted by Crippen LogP contribution is 2.24. The topological polar surface area (TPSA) is 54.0 Å². The van der Waals surface area contributed by atoms with Crippen molar-refractivity contribution in [2.75, 3.05) is 17.2 Å². The second-order valence-electron chi connectivity index (χ2n) is 4.43. The fourth-order valence-electron chi connectivity index (χ4n) is 1.78. The van der Waals surface area contributed by atoms with Crippen molar-refractivity contribution in [3.63, 3.8) is 0 Å². The van der Waals surface area contributed by atoms with E-state index in [9.17, 15) is 9.18 Å². The Kier molecular flexibility index (Phi) is 5.11. The van der Waals surface area contributed by atoms with Crippen molar-refractivity contribution >= 4 is 28.9 Å². The first-order valence-electron chi connectivity index (χ1n) is 6.56. The average molecular weight is 308 g/mol. The average Bonchev–Trinajstić information content (AvgIpc) is 2.49. The van der Waals surface area contributed by atoms with Crippen LogP contribution in [0.15, 0.2) is 36.7 Å². The van der Waals surface area contributed by atoms with Crippen molar-refractivity contribution in [3.8, 4) is 0 Å². The van der Waals surface area contributed by atoms with Crippen molar-refractivity contribution in [3.05, 3.63) is 53.1 Å². The first kappa shape index (κ1) is 15.3. The van der Waals surface area contributed by atoms with Gasteiger partial charge in [-0.2, -0.15) is 0 Å². The van der Waals surface area contributed by atoms with Gasteiger partial charge in [0, 0.05) is 12.7 Å². The van der Waals surface area contributed by atoms with E-state index in [0.717, 1.165) is 13.0 Å². The van der Waals surface area contributed by atoms with Crippen LogP contribution in [0.2, 0.25) is 5.02 Å². The molecule has 4 nitrogen and oxygen atoms in total. The molecule has 0 aliphatic rings. The first-order chi connectivity index (χ1) is 10.1. The van der Waals surface area contributed by atoms with E-state index in [-0.39, 0.29) is 16.6 Å². The third kappa shape index (κ3) is 3.92. The molecule has 0 radical (unpaired) electrons. The van der Waals surface area contributed by atoms with Crippen LogP contribution in [0.25, 0.3) is 0 Å². The number of halogens is 2.